The molecule has 0 N–H and O–H groups in total. The number of methoxy groups -OCH3 is 1. The van der Waals surface area contributed by atoms with Gasteiger partial charge >= 0.3 is 0 Å². The second-order valence-electron chi connectivity index (χ2n) is 8.76. The maximum Gasteiger partial charge on any atom is 0.292 e. The number of aryl methyl sites for hydroxylation is 1. The van der Waals surface area contributed by atoms with Crippen LogP contribution >= 0.6 is 0 Å². The number of nitrogens with zero attached hydrogens (tertiary/aromatic N) is 1. The second kappa shape index (κ2) is 14.1. The number of likely N-dealkylation sites (tertiary alicyclic amines) is 1. The SMILES string of the molecule is CC.COC=O.Cc1ccc([C@]2(S(=O)c3ccc(F)cc3)CCN(C(=O)C3CCCCC3)C2)cc1. The summed E-state index contributed by atoms with van der Waals surface area (Å²) in [6.45, 7) is 7.48. The number of halogens is 1. The molecule has 192 valence electrons. The first-order chi connectivity index (χ1) is 16.9. The molecule has 1 amide bonds. The van der Waals surface area contributed by atoms with Gasteiger partial charge in [0.05, 0.1) is 22.7 Å². The van der Waals surface area contributed by atoms with E-state index in [4.69, 9.17) is 4.79 Å². The van der Waals surface area contributed by atoms with E-state index in [2.05, 4.69) is 4.74 Å². The molecule has 1 aliphatic carbocycles. The van der Waals surface area contributed by atoms with E-state index in [0.29, 0.717) is 30.9 Å². The highest BCUT2D eigenvalue weighted by molar-refractivity contribution is 7.86. The smallest absolute Gasteiger partial charge is 0.292 e. The van der Waals surface area contributed by atoms with Crippen LogP contribution in [0.1, 0.15) is 63.5 Å². The van der Waals surface area contributed by atoms with Gasteiger partial charge in [-0.25, -0.2) is 4.39 Å². The van der Waals surface area contributed by atoms with Crippen LogP contribution in [-0.2, 0) is 29.9 Å². The Hall–Kier alpha value is -2.54. The van der Waals surface area contributed by atoms with Gasteiger partial charge in [-0.1, -0.05) is 62.9 Å². The van der Waals surface area contributed by atoms with Gasteiger partial charge in [-0.15, -0.1) is 0 Å². The summed E-state index contributed by atoms with van der Waals surface area (Å²) in [6, 6.07) is 14.1. The predicted molar refractivity (Wildman–Crippen MR) is 138 cm³/mol. The Morgan fingerprint density at radius 1 is 1.06 bits per heavy atom. The van der Waals surface area contributed by atoms with Crippen molar-refractivity contribution in [1.29, 1.82) is 0 Å². The highest BCUT2D eigenvalue weighted by Gasteiger charge is 2.47. The summed E-state index contributed by atoms with van der Waals surface area (Å²) in [5.74, 6) is -0.0118. The van der Waals surface area contributed by atoms with E-state index >= 15 is 0 Å². The molecule has 0 spiro atoms. The zero-order chi connectivity index (χ0) is 25.8. The lowest BCUT2D eigenvalue weighted by Crippen LogP contribution is -2.40. The van der Waals surface area contributed by atoms with Crippen LogP contribution in [0.5, 0.6) is 0 Å². The van der Waals surface area contributed by atoms with Crippen molar-refractivity contribution in [2.24, 2.45) is 5.92 Å². The van der Waals surface area contributed by atoms with Gasteiger partial charge in [0.15, 0.2) is 0 Å². The number of rotatable bonds is 5. The van der Waals surface area contributed by atoms with Crippen molar-refractivity contribution in [3.05, 3.63) is 65.5 Å². The number of hydrogen-bond donors (Lipinski definition) is 0. The van der Waals surface area contributed by atoms with E-state index in [1.807, 2.05) is 49.9 Å². The standard InChI is InChI=1S/C24H28FNO2S.C2H4O2.C2H6/c1-18-7-9-20(10-8-18)24(29(28)22-13-11-21(25)12-14-22)15-16-26(17-24)23(27)19-5-3-2-4-6-19;1-4-2-3;1-2/h7-14,19H,2-6,15-17H2,1H3;2H,1H3;1-2H3/t24-,29?;;/m0../s1. The Morgan fingerprint density at radius 2 is 1.63 bits per heavy atom. The molecule has 2 atom stereocenters. The number of ether oxygens (including phenoxy) is 1. The third-order valence-corrected chi connectivity index (χ3v) is 8.53. The lowest BCUT2D eigenvalue weighted by molar-refractivity contribution is -0.135. The Bertz CT molecular complexity index is 958. The Kier molecular flexibility index (Phi) is 11.6. The highest BCUT2D eigenvalue weighted by Crippen LogP contribution is 2.42. The predicted octanol–water partition coefficient (Wildman–Crippen LogP) is 5.77. The summed E-state index contributed by atoms with van der Waals surface area (Å²) in [4.78, 5) is 24.6. The molecule has 2 aromatic carbocycles. The number of amides is 1. The second-order valence-corrected chi connectivity index (χ2v) is 10.5. The van der Waals surface area contributed by atoms with Crippen molar-refractivity contribution in [3.63, 3.8) is 0 Å². The van der Waals surface area contributed by atoms with Crippen LogP contribution in [-0.4, -0.2) is 41.7 Å². The molecule has 35 heavy (non-hydrogen) atoms. The summed E-state index contributed by atoms with van der Waals surface area (Å²) in [5, 5.41) is 0. The molecule has 1 heterocycles. The van der Waals surface area contributed by atoms with E-state index < -0.39 is 15.5 Å². The van der Waals surface area contributed by atoms with Crippen LogP contribution in [0.25, 0.3) is 0 Å². The van der Waals surface area contributed by atoms with Crippen LogP contribution in [0.2, 0.25) is 0 Å². The van der Waals surface area contributed by atoms with Crippen molar-refractivity contribution in [2.75, 3.05) is 20.2 Å². The van der Waals surface area contributed by atoms with Crippen molar-refractivity contribution in [1.82, 2.24) is 4.90 Å². The van der Waals surface area contributed by atoms with Crippen LogP contribution in [0.15, 0.2) is 53.4 Å². The third kappa shape index (κ3) is 7.23. The van der Waals surface area contributed by atoms with Gasteiger partial charge in [-0.2, -0.15) is 0 Å². The van der Waals surface area contributed by atoms with E-state index in [1.165, 1.54) is 25.7 Å². The first-order valence-electron chi connectivity index (χ1n) is 12.4. The monoisotopic (exact) mass is 503 g/mol. The molecule has 7 heteroatoms. The van der Waals surface area contributed by atoms with Gasteiger partial charge in [0.25, 0.3) is 6.47 Å². The average molecular weight is 504 g/mol. The van der Waals surface area contributed by atoms with Gasteiger partial charge in [0.2, 0.25) is 5.91 Å². The third-order valence-electron chi connectivity index (χ3n) is 6.55. The number of carbonyl (C=O) groups is 2. The maximum atomic E-state index is 13.8. The minimum Gasteiger partial charge on any atom is -0.471 e. The van der Waals surface area contributed by atoms with Gasteiger partial charge in [0, 0.05) is 23.9 Å². The van der Waals surface area contributed by atoms with E-state index in [9.17, 15) is 13.4 Å². The maximum absolute atomic E-state index is 13.8. The molecule has 1 saturated heterocycles. The zero-order valence-corrected chi connectivity index (χ0v) is 22.1. The molecule has 1 saturated carbocycles. The van der Waals surface area contributed by atoms with Gasteiger partial charge in [0.1, 0.15) is 5.82 Å². The molecule has 0 aromatic heterocycles. The highest BCUT2D eigenvalue weighted by atomic mass is 32.2. The van der Waals surface area contributed by atoms with Crippen molar-refractivity contribution >= 4 is 23.2 Å². The summed E-state index contributed by atoms with van der Waals surface area (Å²) in [5.41, 5.74) is 2.13. The fraction of sp³-hybridized carbons (Fsp3) is 0.500. The molecular weight excluding hydrogens is 465 g/mol. The van der Waals surface area contributed by atoms with Crippen molar-refractivity contribution in [2.45, 2.75) is 68.9 Å². The fourth-order valence-electron chi connectivity index (χ4n) is 4.71. The first kappa shape index (κ1) is 28.7. The first-order valence-corrected chi connectivity index (χ1v) is 13.6. The normalized spacial score (nSPS) is 20.5. The summed E-state index contributed by atoms with van der Waals surface area (Å²) >= 11 is 0. The van der Waals surface area contributed by atoms with Crippen LogP contribution in [0.4, 0.5) is 4.39 Å². The minimum atomic E-state index is -1.39. The van der Waals surface area contributed by atoms with Crippen molar-refractivity contribution < 1.29 is 22.9 Å². The molecule has 5 nitrogen and oxygen atoms in total. The number of hydrogen-bond acceptors (Lipinski definition) is 4. The van der Waals surface area contributed by atoms with Gasteiger partial charge in [-0.3, -0.25) is 13.8 Å². The van der Waals surface area contributed by atoms with E-state index in [0.717, 1.165) is 36.8 Å². The molecule has 2 fully saturated rings. The number of benzene rings is 2. The minimum absolute atomic E-state index is 0.108. The Morgan fingerprint density at radius 3 is 2.17 bits per heavy atom. The molecule has 1 unspecified atom stereocenters. The molecule has 1 aliphatic heterocycles. The lowest BCUT2D eigenvalue weighted by atomic mass is 9.88. The Balaban J connectivity index is 0.000000655. The van der Waals surface area contributed by atoms with E-state index in [-0.39, 0.29) is 17.6 Å². The lowest BCUT2D eigenvalue weighted by Gasteiger charge is -2.31. The van der Waals surface area contributed by atoms with Crippen LogP contribution < -0.4 is 0 Å². The van der Waals surface area contributed by atoms with Crippen LogP contribution in [0.3, 0.4) is 0 Å². The topological polar surface area (TPSA) is 63.7 Å². The average Bonchev–Trinajstić information content (AvgIpc) is 3.37. The molecule has 0 radical (unpaired) electrons. The molecular formula is C28H38FNO4S. The molecule has 2 aliphatic rings. The van der Waals surface area contributed by atoms with E-state index in [1.54, 1.807) is 12.1 Å². The summed E-state index contributed by atoms with van der Waals surface area (Å²) in [6.07, 6.45) is 6.04. The number of carbonyl (C=O) groups excluding carboxylic acids is 2. The van der Waals surface area contributed by atoms with Gasteiger partial charge < -0.3 is 9.64 Å². The quantitative estimate of drug-likeness (QED) is 0.486. The fourth-order valence-corrected chi connectivity index (χ4v) is 6.45. The van der Waals surface area contributed by atoms with Crippen molar-refractivity contribution in [3.8, 4) is 0 Å². The Labute approximate surface area is 211 Å². The summed E-state index contributed by atoms with van der Waals surface area (Å²) < 4.78 is 30.4. The zero-order valence-electron chi connectivity index (χ0n) is 21.3. The van der Waals surface area contributed by atoms with Gasteiger partial charge in [-0.05, 0) is 56.0 Å². The molecule has 4 rings (SSSR count). The summed E-state index contributed by atoms with van der Waals surface area (Å²) in [7, 11) is -0.0734. The largest absolute Gasteiger partial charge is 0.471 e. The molecule has 2 aromatic rings. The van der Waals surface area contributed by atoms with Crippen LogP contribution in [0, 0.1) is 18.7 Å². The molecule has 0 bridgehead atoms.